The summed E-state index contributed by atoms with van der Waals surface area (Å²) in [4.78, 5) is 24.2. The van der Waals surface area contributed by atoms with Crippen LogP contribution < -0.4 is 10.2 Å². The highest BCUT2D eigenvalue weighted by Gasteiger charge is 2.34. The number of carbonyl (C=O) groups excluding carboxylic acids is 1. The summed E-state index contributed by atoms with van der Waals surface area (Å²) >= 11 is 2.09. The highest BCUT2D eigenvalue weighted by molar-refractivity contribution is 14.1. The van der Waals surface area contributed by atoms with Crippen molar-refractivity contribution < 1.29 is 18.7 Å². The minimum Gasteiger partial charge on any atom is -0.495 e. The number of esters is 1. The van der Waals surface area contributed by atoms with Crippen molar-refractivity contribution in [3.63, 3.8) is 0 Å². The SMILES string of the molecule is COC(=O)C(C)(C)c1cc(=O)c2c(OC)c(I)ccc2o1. The van der Waals surface area contributed by atoms with Crippen LogP contribution in [0.4, 0.5) is 0 Å². The Morgan fingerprint density at radius 1 is 1.29 bits per heavy atom. The molecule has 1 heterocycles. The Bertz CT molecular complexity index is 760. The first-order valence-corrected chi connectivity index (χ1v) is 7.30. The lowest BCUT2D eigenvalue weighted by Gasteiger charge is -2.20. The molecule has 21 heavy (non-hydrogen) atoms. The van der Waals surface area contributed by atoms with Gasteiger partial charge in [0.05, 0.1) is 17.8 Å². The molecule has 0 spiro atoms. The molecule has 0 atom stereocenters. The first-order chi connectivity index (χ1) is 9.82. The van der Waals surface area contributed by atoms with Crippen LogP contribution in [-0.2, 0) is 14.9 Å². The summed E-state index contributed by atoms with van der Waals surface area (Å²) in [5, 5.41) is 0.369. The van der Waals surface area contributed by atoms with E-state index in [0.717, 1.165) is 3.57 Å². The lowest BCUT2D eigenvalue weighted by molar-refractivity contribution is -0.146. The first-order valence-electron chi connectivity index (χ1n) is 6.22. The van der Waals surface area contributed by atoms with E-state index in [0.29, 0.717) is 16.7 Å². The summed E-state index contributed by atoms with van der Waals surface area (Å²) in [5.41, 5.74) is -0.913. The predicted molar refractivity (Wildman–Crippen MR) is 86.8 cm³/mol. The molecule has 1 aromatic carbocycles. The fourth-order valence-electron chi connectivity index (χ4n) is 2.06. The monoisotopic (exact) mass is 402 g/mol. The molecule has 0 saturated heterocycles. The van der Waals surface area contributed by atoms with Gasteiger partial charge in [0, 0.05) is 6.07 Å². The van der Waals surface area contributed by atoms with Crippen molar-refractivity contribution in [2.45, 2.75) is 19.3 Å². The maximum absolute atomic E-state index is 12.4. The fraction of sp³-hybridized carbons (Fsp3) is 0.333. The van der Waals surface area contributed by atoms with Gasteiger partial charge >= 0.3 is 5.97 Å². The van der Waals surface area contributed by atoms with Crippen molar-refractivity contribution in [2.24, 2.45) is 0 Å². The van der Waals surface area contributed by atoms with Gasteiger partial charge in [-0.2, -0.15) is 0 Å². The van der Waals surface area contributed by atoms with Gasteiger partial charge in [-0.05, 0) is 48.6 Å². The Kier molecular flexibility index (Phi) is 4.27. The number of halogens is 1. The molecule has 0 bridgehead atoms. The van der Waals surface area contributed by atoms with Crippen LogP contribution in [0.25, 0.3) is 11.0 Å². The normalized spacial score (nSPS) is 11.5. The molecule has 0 N–H and O–H groups in total. The summed E-state index contributed by atoms with van der Waals surface area (Å²) < 4.78 is 16.6. The molecule has 6 heteroatoms. The molecule has 1 aromatic heterocycles. The highest BCUT2D eigenvalue weighted by atomic mass is 127. The number of rotatable bonds is 3. The Labute approximate surface area is 135 Å². The van der Waals surface area contributed by atoms with E-state index in [1.165, 1.54) is 20.3 Å². The second-order valence-electron chi connectivity index (χ2n) is 5.05. The Balaban J connectivity index is 2.76. The van der Waals surface area contributed by atoms with E-state index < -0.39 is 11.4 Å². The van der Waals surface area contributed by atoms with E-state index in [4.69, 9.17) is 13.9 Å². The summed E-state index contributed by atoms with van der Waals surface area (Å²) in [5.74, 6) is 0.266. The van der Waals surface area contributed by atoms with E-state index >= 15 is 0 Å². The van der Waals surface area contributed by atoms with E-state index in [-0.39, 0.29) is 11.2 Å². The molecular formula is C15H15IO5. The minimum absolute atomic E-state index is 0.251. The molecule has 5 nitrogen and oxygen atoms in total. The van der Waals surface area contributed by atoms with E-state index in [2.05, 4.69) is 22.6 Å². The summed E-state index contributed by atoms with van der Waals surface area (Å²) in [6.07, 6.45) is 0. The van der Waals surface area contributed by atoms with Crippen LogP contribution in [0.3, 0.4) is 0 Å². The van der Waals surface area contributed by atoms with Gasteiger partial charge in [0.2, 0.25) is 0 Å². The molecule has 2 aromatic rings. The molecule has 0 radical (unpaired) electrons. The molecule has 0 aliphatic rings. The number of hydrogen-bond donors (Lipinski definition) is 0. The smallest absolute Gasteiger partial charge is 0.318 e. The van der Waals surface area contributed by atoms with Crippen LogP contribution in [0.5, 0.6) is 5.75 Å². The van der Waals surface area contributed by atoms with E-state index in [1.807, 2.05) is 0 Å². The maximum Gasteiger partial charge on any atom is 0.318 e. The quantitative estimate of drug-likeness (QED) is 0.584. The van der Waals surface area contributed by atoms with Crippen LogP contribution in [0, 0.1) is 3.57 Å². The lowest BCUT2D eigenvalue weighted by Crippen LogP contribution is -2.31. The maximum atomic E-state index is 12.4. The summed E-state index contributed by atoms with van der Waals surface area (Å²) in [6.45, 7) is 3.29. The topological polar surface area (TPSA) is 65.7 Å². The van der Waals surface area contributed by atoms with Gasteiger partial charge in [-0.1, -0.05) is 0 Å². The van der Waals surface area contributed by atoms with Crippen molar-refractivity contribution >= 4 is 39.5 Å². The molecule has 112 valence electrons. The zero-order valence-electron chi connectivity index (χ0n) is 12.2. The number of methoxy groups -OCH3 is 2. The second-order valence-corrected chi connectivity index (χ2v) is 6.21. The Morgan fingerprint density at radius 3 is 2.52 bits per heavy atom. The average Bonchev–Trinajstić information content (AvgIpc) is 2.46. The third-order valence-electron chi connectivity index (χ3n) is 3.32. The van der Waals surface area contributed by atoms with Gasteiger partial charge in [-0.3, -0.25) is 9.59 Å². The zero-order valence-corrected chi connectivity index (χ0v) is 14.3. The molecule has 0 fully saturated rings. The highest BCUT2D eigenvalue weighted by Crippen LogP contribution is 2.32. The van der Waals surface area contributed by atoms with Crippen LogP contribution in [0.2, 0.25) is 0 Å². The van der Waals surface area contributed by atoms with Gasteiger partial charge in [-0.25, -0.2) is 0 Å². The summed E-state index contributed by atoms with van der Waals surface area (Å²) in [7, 11) is 2.80. The van der Waals surface area contributed by atoms with Crippen molar-refractivity contribution in [3.05, 3.63) is 37.8 Å². The van der Waals surface area contributed by atoms with Crippen LogP contribution in [0.15, 0.2) is 27.4 Å². The Hall–Kier alpha value is -1.57. The van der Waals surface area contributed by atoms with Crippen molar-refractivity contribution in [1.82, 2.24) is 0 Å². The summed E-state index contributed by atoms with van der Waals surface area (Å²) in [6, 6.07) is 4.80. The second kappa shape index (κ2) is 5.67. The van der Waals surface area contributed by atoms with Gasteiger partial charge < -0.3 is 13.9 Å². The lowest BCUT2D eigenvalue weighted by atomic mass is 9.90. The molecule has 0 saturated carbocycles. The molecule has 2 rings (SSSR count). The number of benzene rings is 1. The molecule has 0 aliphatic carbocycles. The van der Waals surface area contributed by atoms with E-state index in [1.54, 1.807) is 26.0 Å². The molecule has 0 amide bonds. The van der Waals surface area contributed by atoms with Crippen molar-refractivity contribution in [2.75, 3.05) is 14.2 Å². The van der Waals surface area contributed by atoms with Crippen LogP contribution in [-0.4, -0.2) is 20.2 Å². The van der Waals surface area contributed by atoms with Crippen LogP contribution in [0.1, 0.15) is 19.6 Å². The molecule has 0 aliphatic heterocycles. The van der Waals surface area contributed by atoms with Crippen molar-refractivity contribution in [1.29, 1.82) is 0 Å². The van der Waals surface area contributed by atoms with Crippen molar-refractivity contribution in [3.8, 4) is 5.75 Å². The van der Waals surface area contributed by atoms with Crippen LogP contribution >= 0.6 is 22.6 Å². The average molecular weight is 402 g/mol. The van der Waals surface area contributed by atoms with Gasteiger partial charge in [0.15, 0.2) is 5.43 Å². The molecule has 0 unspecified atom stereocenters. The van der Waals surface area contributed by atoms with Gasteiger partial charge in [0.1, 0.15) is 27.9 Å². The third kappa shape index (κ3) is 2.64. The zero-order chi connectivity index (χ0) is 15.8. The number of ether oxygens (including phenoxy) is 2. The number of hydrogen-bond acceptors (Lipinski definition) is 5. The van der Waals surface area contributed by atoms with E-state index in [9.17, 15) is 9.59 Å². The first kappa shape index (κ1) is 15.8. The van der Waals surface area contributed by atoms with Gasteiger partial charge in [-0.15, -0.1) is 0 Å². The molecular weight excluding hydrogens is 387 g/mol. The minimum atomic E-state index is -1.04. The third-order valence-corrected chi connectivity index (χ3v) is 4.17. The largest absolute Gasteiger partial charge is 0.495 e. The van der Waals surface area contributed by atoms with Gasteiger partial charge in [0.25, 0.3) is 0 Å². The standard InChI is InChI=1S/C15H15IO5/c1-15(2,14(18)20-4)11-7-9(17)12-10(21-11)6-5-8(16)13(12)19-3/h5-7H,1-4H3. The number of carbonyl (C=O) groups is 1. The number of fused-ring (bicyclic) bond motifs is 1. The predicted octanol–water partition coefficient (Wildman–Crippen LogP) is 2.86. The Morgan fingerprint density at radius 2 is 1.95 bits per heavy atom. The fourth-order valence-corrected chi connectivity index (χ4v) is 2.73.